The molecule has 3 aromatic rings. The average Bonchev–Trinajstić information content (AvgIpc) is 3.23. The first-order chi connectivity index (χ1) is 13.7. The molecule has 3 N–H and O–H groups in total. The topological polar surface area (TPSA) is 115 Å². The van der Waals surface area contributed by atoms with Crippen LogP contribution in [-0.4, -0.2) is 57.4 Å². The zero-order valence-corrected chi connectivity index (χ0v) is 15.4. The normalized spacial score (nSPS) is 13.9. The predicted octanol–water partition coefficient (Wildman–Crippen LogP) is 1.69. The first-order valence-corrected chi connectivity index (χ1v) is 9.37. The standard InChI is InChI=1S/C19H16N4O4S/c24-9-11(10-25)23-18(26)13-3-1-2-12-15(5-4-14(17(12)13)19(23)27)22-21-8-16-20-6-7-28-16/h1-8,11,22,24-25H,9-10H2/b21-8+. The molecule has 28 heavy (non-hydrogen) atoms. The molecule has 0 aliphatic carbocycles. The largest absolute Gasteiger partial charge is 0.394 e. The molecule has 142 valence electrons. The van der Waals surface area contributed by atoms with Crippen LogP contribution >= 0.6 is 11.3 Å². The van der Waals surface area contributed by atoms with Gasteiger partial charge in [-0.15, -0.1) is 11.3 Å². The number of amides is 2. The minimum Gasteiger partial charge on any atom is -0.394 e. The zero-order chi connectivity index (χ0) is 19.7. The zero-order valence-electron chi connectivity index (χ0n) is 14.6. The molecule has 1 aliphatic rings. The number of aliphatic hydroxyl groups is 2. The van der Waals surface area contributed by atoms with Gasteiger partial charge in [0.15, 0.2) is 0 Å². The number of hydrogen-bond acceptors (Lipinski definition) is 8. The van der Waals surface area contributed by atoms with Crippen molar-refractivity contribution in [2.45, 2.75) is 6.04 Å². The van der Waals surface area contributed by atoms with Crippen LogP contribution in [0.2, 0.25) is 0 Å². The highest BCUT2D eigenvalue weighted by atomic mass is 32.1. The van der Waals surface area contributed by atoms with Gasteiger partial charge in [-0.3, -0.25) is 19.9 Å². The van der Waals surface area contributed by atoms with Crippen LogP contribution in [-0.2, 0) is 0 Å². The van der Waals surface area contributed by atoms with Crippen molar-refractivity contribution in [1.29, 1.82) is 0 Å². The molecule has 2 heterocycles. The molecule has 2 aromatic carbocycles. The Labute approximate surface area is 163 Å². The molecule has 4 rings (SSSR count). The number of hydrazone groups is 1. The van der Waals surface area contributed by atoms with E-state index in [-0.39, 0.29) is 0 Å². The number of aliphatic hydroxyl groups excluding tert-OH is 2. The Morgan fingerprint density at radius 2 is 1.89 bits per heavy atom. The number of thiazole rings is 1. The molecule has 0 saturated carbocycles. The highest BCUT2D eigenvalue weighted by Crippen LogP contribution is 2.35. The Morgan fingerprint density at radius 3 is 2.57 bits per heavy atom. The molecular formula is C19H16N4O4S. The Morgan fingerprint density at radius 1 is 1.14 bits per heavy atom. The third-order valence-electron chi connectivity index (χ3n) is 4.54. The lowest BCUT2D eigenvalue weighted by molar-refractivity contribution is 0.0375. The summed E-state index contributed by atoms with van der Waals surface area (Å²) in [7, 11) is 0. The van der Waals surface area contributed by atoms with E-state index in [1.165, 1.54) is 11.3 Å². The molecule has 0 spiro atoms. The quantitative estimate of drug-likeness (QED) is 0.332. The van der Waals surface area contributed by atoms with Crippen molar-refractivity contribution in [2.24, 2.45) is 5.10 Å². The molecule has 8 nitrogen and oxygen atoms in total. The van der Waals surface area contributed by atoms with E-state index >= 15 is 0 Å². The Bertz CT molecular complexity index is 1050. The summed E-state index contributed by atoms with van der Waals surface area (Å²) < 4.78 is 0. The molecule has 0 saturated heterocycles. The Hall–Kier alpha value is -3.14. The lowest BCUT2D eigenvalue weighted by atomic mass is 9.92. The number of carbonyl (C=O) groups excluding carboxylic acids is 2. The van der Waals surface area contributed by atoms with E-state index in [1.807, 2.05) is 5.38 Å². The summed E-state index contributed by atoms with van der Waals surface area (Å²) in [4.78, 5) is 30.8. The van der Waals surface area contributed by atoms with Crippen molar-refractivity contribution in [3.8, 4) is 0 Å². The number of aromatic nitrogens is 1. The molecule has 0 unspecified atom stereocenters. The van der Waals surface area contributed by atoms with Gasteiger partial charge in [-0.1, -0.05) is 12.1 Å². The Balaban J connectivity index is 1.77. The highest BCUT2D eigenvalue weighted by molar-refractivity contribution is 7.11. The van der Waals surface area contributed by atoms with Gasteiger partial charge in [-0.2, -0.15) is 5.10 Å². The molecule has 0 radical (unpaired) electrons. The number of hydrogen-bond donors (Lipinski definition) is 3. The second-order valence-electron chi connectivity index (χ2n) is 6.13. The van der Waals surface area contributed by atoms with Gasteiger partial charge in [0, 0.05) is 33.5 Å². The van der Waals surface area contributed by atoms with Gasteiger partial charge in [-0.25, -0.2) is 4.98 Å². The number of nitrogens with one attached hydrogen (secondary N) is 1. The fraction of sp³-hybridized carbons (Fsp3) is 0.158. The van der Waals surface area contributed by atoms with Crippen LogP contribution in [0.3, 0.4) is 0 Å². The van der Waals surface area contributed by atoms with Crippen molar-refractivity contribution in [3.05, 3.63) is 58.0 Å². The molecule has 2 amide bonds. The number of rotatable bonds is 6. The van der Waals surface area contributed by atoms with Crippen molar-refractivity contribution < 1.29 is 19.8 Å². The van der Waals surface area contributed by atoms with E-state index in [0.717, 1.165) is 9.91 Å². The van der Waals surface area contributed by atoms with E-state index < -0.39 is 31.1 Å². The summed E-state index contributed by atoms with van der Waals surface area (Å²) in [5.41, 5.74) is 4.26. The van der Waals surface area contributed by atoms with Crippen molar-refractivity contribution in [1.82, 2.24) is 9.88 Å². The van der Waals surface area contributed by atoms with Gasteiger partial charge >= 0.3 is 0 Å². The third-order valence-corrected chi connectivity index (χ3v) is 5.25. The van der Waals surface area contributed by atoms with Crippen molar-refractivity contribution in [2.75, 3.05) is 18.6 Å². The second-order valence-corrected chi connectivity index (χ2v) is 7.05. The summed E-state index contributed by atoms with van der Waals surface area (Å²) in [6.07, 6.45) is 3.27. The lowest BCUT2D eigenvalue weighted by Crippen LogP contribution is -2.50. The summed E-state index contributed by atoms with van der Waals surface area (Å²) >= 11 is 1.45. The second kappa shape index (κ2) is 7.47. The fourth-order valence-electron chi connectivity index (χ4n) is 3.22. The van der Waals surface area contributed by atoms with Gasteiger partial charge in [0.1, 0.15) is 5.01 Å². The fourth-order valence-corrected chi connectivity index (χ4v) is 3.72. The molecule has 1 aromatic heterocycles. The number of imide groups is 1. The Kier molecular flexibility index (Phi) is 4.86. The van der Waals surface area contributed by atoms with Crippen LogP contribution in [0.15, 0.2) is 47.0 Å². The summed E-state index contributed by atoms with van der Waals surface area (Å²) in [6.45, 7) is -1.02. The number of carbonyl (C=O) groups is 2. The monoisotopic (exact) mass is 396 g/mol. The van der Waals surface area contributed by atoms with Crippen LogP contribution in [0.1, 0.15) is 25.7 Å². The smallest absolute Gasteiger partial charge is 0.261 e. The SMILES string of the molecule is O=C1c2cccc3c(N/N=C/c4nccs4)ccc(c23)C(=O)N1C(CO)CO. The molecule has 0 fully saturated rings. The molecule has 0 atom stereocenters. The van der Waals surface area contributed by atoms with Gasteiger partial charge in [0.05, 0.1) is 31.2 Å². The van der Waals surface area contributed by atoms with E-state index in [0.29, 0.717) is 27.6 Å². The van der Waals surface area contributed by atoms with E-state index in [1.54, 1.807) is 42.7 Å². The first kappa shape index (κ1) is 18.2. The van der Waals surface area contributed by atoms with Gasteiger partial charge in [0.2, 0.25) is 0 Å². The summed E-state index contributed by atoms with van der Waals surface area (Å²) in [6, 6.07) is 7.48. The molecule has 1 aliphatic heterocycles. The number of anilines is 1. The maximum absolute atomic E-state index is 12.9. The third kappa shape index (κ3) is 2.95. The molecule has 9 heteroatoms. The van der Waals surface area contributed by atoms with Crippen molar-refractivity contribution >= 4 is 45.8 Å². The van der Waals surface area contributed by atoms with Crippen LogP contribution in [0, 0.1) is 0 Å². The maximum atomic E-state index is 12.9. The van der Waals surface area contributed by atoms with E-state index in [2.05, 4.69) is 15.5 Å². The predicted molar refractivity (Wildman–Crippen MR) is 106 cm³/mol. The molecule has 0 bridgehead atoms. The maximum Gasteiger partial charge on any atom is 0.261 e. The van der Waals surface area contributed by atoms with E-state index in [4.69, 9.17) is 0 Å². The molecular weight excluding hydrogens is 380 g/mol. The minimum atomic E-state index is -0.982. The number of benzene rings is 2. The minimum absolute atomic E-state index is 0.339. The van der Waals surface area contributed by atoms with Gasteiger partial charge in [-0.05, 0) is 18.2 Å². The van der Waals surface area contributed by atoms with E-state index in [9.17, 15) is 19.8 Å². The van der Waals surface area contributed by atoms with Crippen LogP contribution in [0.4, 0.5) is 5.69 Å². The lowest BCUT2D eigenvalue weighted by Gasteiger charge is -2.32. The van der Waals surface area contributed by atoms with Crippen LogP contribution in [0.5, 0.6) is 0 Å². The van der Waals surface area contributed by atoms with Crippen LogP contribution in [0.25, 0.3) is 10.8 Å². The van der Waals surface area contributed by atoms with Crippen LogP contribution < -0.4 is 5.43 Å². The average molecular weight is 396 g/mol. The van der Waals surface area contributed by atoms with Crippen molar-refractivity contribution in [3.63, 3.8) is 0 Å². The first-order valence-electron chi connectivity index (χ1n) is 8.49. The van der Waals surface area contributed by atoms with Gasteiger partial charge < -0.3 is 10.2 Å². The summed E-state index contributed by atoms with van der Waals surface area (Å²) in [5.74, 6) is -1.08. The number of nitrogens with zero attached hydrogens (tertiary/aromatic N) is 3. The summed E-state index contributed by atoms with van der Waals surface area (Å²) in [5, 5.41) is 26.8. The van der Waals surface area contributed by atoms with Gasteiger partial charge in [0.25, 0.3) is 11.8 Å². The highest BCUT2D eigenvalue weighted by Gasteiger charge is 2.37.